The fourth-order valence-electron chi connectivity index (χ4n) is 3.80. The molecule has 3 nitrogen and oxygen atoms in total. The van der Waals surface area contributed by atoms with Crippen LogP contribution in [-0.2, 0) is 13.5 Å². The van der Waals surface area contributed by atoms with Crippen LogP contribution in [0.5, 0.6) is 0 Å². The summed E-state index contributed by atoms with van der Waals surface area (Å²) in [6.45, 7) is 6.75. The van der Waals surface area contributed by atoms with Gasteiger partial charge >= 0.3 is 0 Å². The SMILES string of the molecule is CC1CCC(C(C)C)C(O)(CCc2nccn2C)C1. The zero-order valence-corrected chi connectivity index (χ0v) is 12.8. The molecule has 108 valence electrons. The van der Waals surface area contributed by atoms with Gasteiger partial charge in [0.15, 0.2) is 0 Å². The lowest BCUT2D eigenvalue weighted by atomic mass is 9.65. The maximum atomic E-state index is 11.1. The van der Waals surface area contributed by atoms with Crippen LogP contribution < -0.4 is 0 Å². The third-order valence-electron chi connectivity index (χ3n) is 4.87. The average molecular weight is 264 g/mol. The van der Waals surface area contributed by atoms with Crippen LogP contribution in [0.25, 0.3) is 0 Å². The van der Waals surface area contributed by atoms with Gasteiger partial charge in [0.1, 0.15) is 5.82 Å². The second-order valence-corrected chi connectivity index (χ2v) is 6.80. The van der Waals surface area contributed by atoms with Gasteiger partial charge < -0.3 is 9.67 Å². The van der Waals surface area contributed by atoms with Crippen LogP contribution in [0.3, 0.4) is 0 Å². The normalized spacial score (nSPS) is 31.9. The summed E-state index contributed by atoms with van der Waals surface area (Å²) in [7, 11) is 2.02. The highest BCUT2D eigenvalue weighted by Gasteiger charge is 2.42. The van der Waals surface area contributed by atoms with E-state index in [9.17, 15) is 5.11 Å². The van der Waals surface area contributed by atoms with Gasteiger partial charge in [-0.15, -0.1) is 0 Å². The van der Waals surface area contributed by atoms with Crippen LogP contribution in [0.2, 0.25) is 0 Å². The minimum Gasteiger partial charge on any atom is -0.390 e. The predicted octanol–water partition coefficient (Wildman–Crippen LogP) is 3.18. The lowest BCUT2D eigenvalue weighted by Gasteiger charge is -2.45. The molecule has 0 radical (unpaired) electrons. The summed E-state index contributed by atoms with van der Waals surface area (Å²) in [5, 5.41) is 11.1. The molecule has 3 heteroatoms. The summed E-state index contributed by atoms with van der Waals surface area (Å²) in [6.07, 6.45) is 8.89. The van der Waals surface area contributed by atoms with Gasteiger partial charge in [0.05, 0.1) is 5.60 Å². The van der Waals surface area contributed by atoms with Gasteiger partial charge in [-0.1, -0.05) is 27.2 Å². The Morgan fingerprint density at radius 1 is 1.47 bits per heavy atom. The largest absolute Gasteiger partial charge is 0.390 e. The van der Waals surface area contributed by atoms with E-state index in [1.807, 2.05) is 19.4 Å². The third-order valence-corrected chi connectivity index (χ3v) is 4.87. The molecule has 1 aromatic heterocycles. The quantitative estimate of drug-likeness (QED) is 0.907. The van der Waals surface area contributed by atoms with E-state index < -0.39 is 5.60 Å². The molecule has 0 bridgehead atoms. The molecule has 1 fully saturated rings. The van der Waals surface area contributed by atoms with Crippen LogP contribution in [-0.4, -0.2) is 20.3 Å². The number of nitrogens with zero attached hydrogens (tertiary/aromatic N) is 2. The van der Waals surface area contributed by atoms with Crippen LogP contribution in [0.4, 0.5) is 0 Å². The summed E-state index contributed by atoms with van der Waals surface area (Å²) in [5.41, 5.74) is -0.502. The van der Waals surface area contributed by atoms with Crippen LogP contribution in [0.15, 0.2) is 12.4 Å². The van der Waals surface area contributed by atoms with Crippen molar-refractivity contribution in [3.63, 3.8) is 0 Å². The Balaban J connectivity index is 2.07. The van der Waals surface area contributed by atoms with E-state index in [0.717, 1.165) is 31.5 Å². The van der Waals surface area contributed by atoms with Crippen molar-refractivity contribution in [3.05, 3.63) is 18.2 Å². The smallest absolute Gasteiger partial charge is 0.108 e. The van der Waals surface area contributed by atoms with Crippen molar-refractivity contribution in [2.45, 2.75) is 58.5 Å². The Kier molecular flexibility index (Phi) is 4.34. The molecule has 0 saturated heterocycles. The Hall–Kier alpha value is -0.830. The van der Waals surface area contributed by atoms with E-state index in [0.29, 0.717) is 17.8 Å². The average Bonchev–Trinajstić information content (AvgIpc) is 2.71. The van der Waals surface area contributed by atoms with Gasteiger partial charge in [0.25, 0.3) is 0 Å². The maximum absolute atomic E-state index is 11.1. The number of hydrogen-bond donors (Lipinski definition) is 1. The minimum atomic E-state index is -0.502. The molecule has 19 heavy (non-hydrogen) atoms. The van der Waals surface area contributed by atoms with Crippen molar-refractivity contribution >= 4 is 0 Å². The molecule has 1 N–H and O–H groups in total. The second-order valence-electron chi connectivity index (χ2n) is 6.80. The highest BCUT2D eigenvalue weighted by molar-refractivity contribution is 4.98. The molecule has 0 spiro atoms. The van der Waals surface area contributed by atoms with Gasteiger partial charge in [-0.2, -0.15) is 0 Å². The summed E-state index contributed by atoms with van der Waals surface area (Å²) in [6, 6.07) is 0. The number of rotatable bonds is 4. The van der Waals surface area contributed by atoms with Crippen molar-refractivity contribution < 1.29 is 5.11 Å². The Morgan fingerprint density at radius 2 is 2.21 bits per heavy atom. The first-order valence-electron chi connectivity index (χ1n) is 7.61. The molecule has 1 heterocycles. The van der Waals surface area contributed by atoms with E-state index in [2.05, 4.69) is 30.3 Å². The fourth-order valence-corrected chi connectivity index (χ4v) is 3.80. The monoisotopic (exact) mass is 264 g/mol. The standard InChI is InChI=1S/C16H28N2O/c1-12(2)14-6-5-13(3)11-16(14,19)8-7-15-17-9-10-18(15)4/h9-10,12-14,19H,5-8,11H2,1-4H3. The highest BCUT2D eigenvalue weighted by atomic mass is 16.3. The third kappa shape index (κ3) is 3.19. The molecular weight excluding hydrogens is 236 g/mol. The van der Waals surface area contributed by atoms with Gasteiger partial charge in [0.2, 0.25) is 0 Å². The first-order chi connectivity index (χ1) is 8.92. The first kappa shape index (κ1) is 14.6. The Bertz CT molecular complexity index is 413. The van der Waals surface area contributed by atoms with E-state index in [1.54, 1.807) is 0 Å². The fraction of sp³-hybridized carbons (Fsp3) is 0.812. The first-order valence-corrected chi connectivity index (χ1v) is 7.61. The van der Waals surface area contributed by atoms with Gasteiger partial charge in [-0.25, -0.2) is 4.98 Å². The summed E-state index contributed by atoms with van der Waals surface area (Å²) < 4.78 is 2.06. The minimum absolute atomic E-state index is 0.434. The van der Waals surface area contributed by atoms with Crippen LogP contribution in [0.1, 0.15) is 52.3 Å². The van der Waals surface area contributed by atoms with Crippen molar-refractivity contribution in [2.24, 2.45) is 24.8 Å². The zero-order chi connectivity index (χ0) is 14.0. The van der Waals surface area contributed by atoms with Gasteiger partial charge in [0, 0.05) is 25.9 Å². The molecule has 1 aliphatic carbocycles. The lowest BCUT2D eigenvalue weighted by molar-refractivity contribution is -0.0858. The van der Waals surface area contributed by atoms with Gasteiger partial charge in [-0.05, 0) is 37.0 Å². The number of aromatic nitrogens is 2. The molecular formula is C16H28N2O. The van der Waals surface area contributed by atoms with Crippen molar-refractivity contribution in [1.29, 1.82) is 0 Å². The molecule has 3 atom stereocenters. The second kappa shape index (κ2) is 5.66. The Morgan fingerprint density at radius 3 is 2.79 bits per heavy atom. The van der Waals surface area contributed by atoms with Crippen molar-refractivity contribution in [3.8, 4) is 0 Å². The van der Waals surface area contributed by atoms with Gasteiger partial charge in [-0.3, -0.25) is 0 Å². The molecule has 1 saturated carbocycles. The Labute approximate surface area is 117 Å². The molecule has 0 aliphatic heterocycles. The molecule has 3 unspecified atom stereocenters. The van der Waals surface area contributed by atoms with E-state index >= 15 is 0 Å². The van der Waals surface area contributed by atoms with Crippen LogP contribution in [0, 0.1) is 17.8 Å². The van der Waals surface area contributed by atoms with Crippen LogP contribution >= 0.6 is 0 Å². The summed E-state index contributed by atoms with van der Waals surface area (Å²) in [4.78, 5) is 4.37. The van der Waals surface area contributed by atoms with E-state index in [4.69, 9.17) is 0 Å². The molecule has 0 amide bonds. The number of aliphatic hydroxyl groups is 1. The van der Waals surface area contributed by atoms with E-state index in [-0.39, 0.29) is 0 Å². The summed E-state index contributed by atoms with van der Waals surface area (Å²) >= 11 is 0. The summed E-state index contributed by atoms with van der Waals surface area (Å²) in [5.74, 6) is 2.71. The molecule has 1 aliphatic rings. The van der Waals surface area contributed by atoms with Crippen molar-refractivity contribution in [2.75, 3.05) is 0 Å². The highest BCUT2D eigenvalue weighted by Crippen LogP contribution is 2.43. The maximum Gasteiger partial charge on any atom is 0.108 e. The molecule has 1 aromatic rings. The van der Waals surface area contributed by atoms with Crippen molar-refractivity contribution in [1.82, 2.24) is 9.55 Å². The number of imidazole rings is 1. The predicted molar refractivity (Wildman–Crippen MR) is 77.8 cm³/mol. The number of aryl methyl sites for hydroxylation is 2. The lowest BCUT2D eigenvalue weighted by Crippen LogP contribution is -2.45. The zero-order valence-electron chi connectivity index (χ0n) is 12.8. The number of hydrogen-bond acceptors (Lipinski definition) is 2. The van der Waals surface area contributed by atoms with E-state index in [1.165, 1.54) is 6.42 Å². The topological polar surface area (TPSA) is 38.1 Å². The molecule has 2 rings (SSSR count). The molecule has 0 aromatic carbocycles.